The predicted molar refractivity (Wildman–Crippen MR) is 99.3 cm³/mol. The van der Waals surface area contributed by atoms with Crippen LogP contribution in [0.3, 0.4) is 0 Å². The number of hydrogen-bond acceptors (Lipinski definition) is 1. The van der Waals surface area contributed by atoms with Gasteiger partial charge in [-0.15, -0.1) is 0 Å². The molecule has 3 rings (SSSR count). The number of hydrogen-bond donors (Lipinski definition) is 0. The summed E-state index contributed by atoms with van der Waals surface area (Å²) in [4.78, 5) is 2.80. The van der Waals surface area contributed by atoms with E-state index in [1.54, 1.807) is 16.7 Å². The molecule has 1 heterocycles. The van der Waals surface area contributed by atoms with Gasteiger partial charge < -0.3 is 0 Å². The largest absolute Gasteiger partial charge is 0.285 e. The summed E-state index contributed by atoms with van der Waals surface area (Å²) in [5.74, 6) is 0.642. The van der Waals surface area contributed by atoms with Crippen LogP contribution in [0.25, 0.3) is 0 Å². The first-order valence-electron chi connectivity index (χ1n) is 9.29. The molecule has 0 unspecified atom stereocenters. The van der Waals surface area contributed by atoms with E-state index in [9.17, 15) is 0 Å². The van der Waals surface area contributed by atoms with Crippen LogP contribution in [0.1, 0.15) is 58.9 Å². The minimum Gasteiger partial charge on any atom is -0.285 e. The van der Waals surface area contributed by atoms with Gasteiger partial charge in [-0.3, -0.25) is 4.90 Å². The van der Waals surface area contributed by atoms with Gasteiger partial charge in [0.15, 0.2) is 0 Å². The van der Waals surface area contributed by atoms with Crippen LogP contribution in [0.2, 0.25) is 0 Å². The summed E-state index contributed by atoms with van der Waals surface area (Å²) < 4.78 is 0. The molecule has 1 saturated carbocycles. The van der Waals surface area contributed by atoms with Crippen LogP contribution in [0.4, 0.5) is 0 Å². The van der Waals surface area contributed by atoms with Crippen molar-refractivity contribution in [2.45, 2.75) is 72.0 Å². The fourth-order valence-corrected chi connectivity index (χ4v) is 4.71. The van der Waals surface area contributed by atoms with Crippen molar-refractivity contribution < 1.29 is 0 Å². The zero-order chi connectivity index (χ0) is 16.4. The van der Waals surface area contributed by atoms with Crippen LogP contribution >= 0.6 is 0 Å². The van der Waals surface area contributed by atoms with Gasteiger partial charge >= 0.3 is 0 Å². The molecule has 1 fully saturated rings. The molecular formula is C22H31N. The van der Waals surface area contributed by atoms with Crippen molar-refractivity contribution in [1.29, 1.82) is 0 Å². The molecule has 0 aromatic heterocycles. The Bertz CT molecular complexity index is 594. The molecule has 1 aliphatic heterocycles. The molecule has 23 heavy (non-hydrogen) atoms. The average Bonchev–Trinajstić information content (AvgIpc) is 2.57. The molecule has 1 heteroatoms. The highest BCUT2D eigenvalue weighted by atomic mass is 15.2. The Morgan fingerprint density at radius 3 is 2.57 bits per heavy atom. The van der Waals surface area contributed by atoms with Gasteiger partial charge in [-0.2, -0.15) is 0 Å². The van der Waals surface area contributed by atoms with Crippen molar-refractivity contribution >= 4 is 0 Å². The summed E-state index contributed by atoms with van der Waals surface area (Å²) in [5.41, 5.74) is 6.33. The lowest BCUT2D eigenvalue weighted by molar-refractivity contribution is 0.107. The first-order valence-corrected chi connectivity index (χ1v) is 9.29. The molecule has 0 amide bonds. The van der Waals surface area contributed by atoms with E-state index in [-0.39, 0.29) is 0 Å². The van der Waals surface area contributed by atoms with E-state index in [0.717, 1.165) is 6.54 Å². The van der Waals surface area contributed by atoms with Gasteiger partial charge in [0.05, 0.1) is 0 Å². The average molecular weight is 309 g/mol. The molecule has 0 radical (unpaired) electrons. The monoisotopic (exact) mass is 309 g/mol. The third-order valence-corrected chi connectivity index (χ3v) is 5.72. The highest BCUT2D eigenvalue weighted by Gasteiger charge is 2.39. The smallest absolute Gasteiger partial charge is 0.0379 e. The second-order valence-corrected chi connectivity index (χ2v) is 7.50. The standard InChI is InChI=1S/C22H31N/c1-5-19-17(4)20-13-9-10-14-21(20)23(22(19)16(2)3)15-18-11-7-6-8-12-18/h5-8,11-12,16,21-22H,9-10,13-15H2,1-4H3/b19-5+/t21-,22+/m1/s1. The molecule has 1 nitrogen and oxygen atoms in total. The number of allylic oxidation sites excluding steroid dienone is 1. The van der Waals surface area contributed by atoms with Crippen LogP contribution in [-0.4, -0.2) is 17.0 Å². The zero-order valence-corrected chi connectivity index (χ0v) is 15.2. The fraction of sp³-hybridized carbons (Fsp3) is 0.545. The maximum Gasteiger partial charge on any atom is 0.0379 e. The molecule has 2 atom stereocenters. The van der Waals surface area contributed by atoms with Crippen molar-refractivity contribution in [2.75, 3.05) is 0 Å². The molecular weight excluding hydrogens is 278 g/mol. The van der Waals surface area contributed by atoms with E-state index in [2.05, 4.69) is 69.0 Å². The molecule has 124 valence electrons. The van der Waals surface area contributed by atoms with Crippen molar-refractivity contribution in [1.82, 2.24) is 4.90 Å². The lowest BCUT2D eigenvalue weighted by Crippen LogP contribution is -2.51. The minimum absolute atomic E-state index is 0.548. The Labute approximate surface area is 142 Å². The molecule has 2 aliphatic rings. The number of benzene rings is 1. The summed E-state index contributed by atoms with van der Waals surface area (Å²) in [6, 6.07) is 12.2. The van der Waals surface area contributed by atoms with Gasteiger partial charge in [0.25, 0.3) is 0 Å². The highest BCUT2D eigenvalue weighted by Crippen LogP contribution is 2.42. The molecule has 1 aromatic carbocycles. The maximum atomic E-state index is 2.80. The zero-order valence-electron chi connectivity index (χ0n) is 15.2. The number of rotatable bonds is 3. The first-order chi connectivity index (χ1) is 11.1. The van der Waals surface area contributed by atoms with E-state index in [1.165, 1.54) is 31.2 Å². The van der Waals surface area contributed by atoms with Gasteiger partial charge in [-0.1, -0.05) is 56.7 Å². The predicted octanol–water partition coefficient (Wildman–Crippen LogP) is 5.73. The molecule has 1 aromatic rings. The Hall–Kier alpha value is -1.34. The summed E-state index contributed by atoms with van der Waals surface area (Å²) in [6.45, 7) is 10.4. The summed E-state index contributed by atoms with van der Waals surface area (Å²) >= 11 is 0. The van der Waals surface area contributed by atoms with Crippen LogP contribution in [0.5, 0.6) is 0 Å². The second-order valence-electron chi connectivity index (χ2n) is 7.50. The van der Waals surface area contributed by atoms with Gasteiger partial charge in [-0.25, -0.2) is 0 Å². The van der Waals surface area contributed by atoms with Crippen LogP contribution < -0.4 is 0 Å². The third kappa shape index (κ3) is 3.17. The van der Waals surface area contributed by atoms with Crippen LogP contribution in [-0.2, 0) is 6.54 Å². The Morgan fingerprint density at radius 2 is 1.91 bits per heavy atom. The molecule has 1 aliphatic carbocycles. The van der Waals surface area contributed by atoms with Crippen molar-refractivity contribution in [2.24, 2.45) is 5.92 Å². The summed E-state index contributed by atoms with van der Waals surface area (Å²) in [7, 11) is 0. The van der Waals surface area contributed by atoms with Gasteiger partial charge in [0.2, 0.25) is 0 Å². The van der Waals surface area contributed by atoms with E-state index in [4.69, 9.17) is 0 Å². The van der Waals surface area contributed by atoms with E-state index < -0.39 is 0 Å². The van der Waals surface area contributed by atoms with E-state index in [1.807, 2.05) is 0 Å². The third-order valence-electron chi connectivity index (χ3n) is 5.72. The SMILES string of the molecule is C/C=C1\C(C)=C2CCCC[C@H]2N(Cc2ccccc2)[C@H]1C(C)C. The minimum atomic E-state index is 0.548. The Balaban J connectivity index is 2.02. The van der Waals surface area contributed by atoms with Gasteiger partial charge in [0.1, 0.15) is 0 Å². The van der Waals surface area contributed by atoms with Crippen molar-refractivity contribution in [3.8, 4) is 0 Å². The lowest BCUT2D eigenvalue weighted by atomic mass is 9.75. The van der Waals surface area contributed by atoms with Gasteiger partial charge in [0, 0.05) is 18.6 Å². The van der Waals surface area contributed by atoms with E-state index in [0.29, 0.717) is 18.0 Å². The highest BCUT2D eigenvalue weighted by molar-refractivity contribution is 5.44. The van der Waals surface area contributed by atoms with Gasteiger partial charge in [-0.05, 0) is 61.3 Å². The lowest BCUT2D eigenvalue weighted by Gasteiger charge is -2.49. The summed E-state index contributed by atoms with van der Waals surface area (Å²) in [5, 5.41) is 0. The molecule has 0 spiro atoms. The molecule has 0 saturated heterocycles. The molecule has 0 N–H and O–H groups in total. The van der Waals surface area contributed by atoms with Crippen LogP contribution in [0, 0.1) is 5.92 Å². The maximum absolute atomic E-state index is 2.80. The summed E-state index contributed by atoms with van der Waals surface area (Å²) in [6.07, 6.45) is 7.74. The topological polar surface area (TPSA) is 3.24 Å². The van der Waals surface area contributed by atoms with Crippen molar-refractivity contribution in [3.63, 3.8) is 0 Å². The second kappa shape index (κ2) is 7.05. The Kier molecular flexibility index (Phi) is 5.06. The van der Waals surface area contributed by atoms with Crippen molar-refractivity contribution in [3.05, 3.63) is 58.7 Å². The normalized spacial score (nSPS) is 27.6. The fourth-order valence-electron chi connectivity index (χ4n) is 4.71. The number of fused-ring (bicyclic) bond motifs is 1. The quantitative estimate of drug-likeness (QED) is 0.689. The number of nitrogens with zero attached hydrogens (tertiary/aromatic N) is 1. The van der Waals surface area contributed by atoms with Crippen LogP contribution in [0.15, 0.2) is 53.1 Å². The molecule has 0 bridgehead atoms. The Morgan fingerprint density at radius 1 is 1.17 bits per heavy atom. The first kappa shape index (κ1) is 16.5. The van der Waals surface area contributed by atoms with E-state index >= 15 is 0 Å².